The van der Waals surface area contributed by atoms with Gasteiger partial charge in [0, 0.05) is 51.0 Å². The fraction of sp³-hybridized carbons (Fsp3) is 0.393. The molecule has 1 N–H and O–H groups in total. The van der Waals surface area contributed by atoms with Gasteiger partial charge in [0.2, 0.25) is 0 Å². The molecule has 0 amide bonds. The van der Waals surface area contributed by atoms with Gasteiger partial charge in [0.15, 0.2) is 5.82 Å². The van der Waals surface area contributed by atoms with Gasteiger partial charge >= 0.3 is 0 Å². The van der Waals surface area contributed by atoms with Crippen LogP contribution in [0.3, 0.4) is 0 Å². The molecule has 1 unspecified atom stereocenters. The molecule has 3 rings (SSSR count). The van der Waals surface area contributed by atoms with Crippen LogP contribution in [-0.2, 0) is 6.54 Å². The molecule has 0 spiro atoms. The highest BCUT2D eigenvalue weighted by Crippen LogP contribution is 2.26. The van der Waals surface area contributed by atoms with E-state index in [9.17, 15) is 0 Å². The van der Waals surface area contributed by atoms with E-state index in [1.165, 1.54) is 5.56 Å². The summed E-state index contributed by atoms with van der Waals surface area (Å²) in [5.74, 6) is 1.44. The number of pyridine rings is 1. The van der Waals surface area contributed by atoms with Gasteiger partial charge < -0.3 is 15.1 Å². The molecule has 0 aromatic carbocycles. The van der Waals surface area contributed by atoms with Crippen LogP contribution in [0.5, 0.6) is 0 Å². The van der Waals surface area contributed by atoms with Crippen LogP contribution >= 0.6 is 0 Å². The number of nitrogens with one attached hydrogen (secondary N) is 1. The molecule has 2 aromatic heterocycles. The van der Waals surface area contributed by atoms with Gasteiger partial charge in [-0.2, -0.15) is 9.90 Å². The van der Waals surface area contributed by atoms with Crippen molar-refractivity contribution in [2.75, 3.05) is 32.1 Å². The van der Waals surface area contributed by atoms with E-state index in [0.717, 1.165) is 42.2 Å². The fourth-order valence-corrected chi connectivity index (χ4v) is 3.73. The molecule has 1 aliphatic rings. The molecule has 0 aliphatic carbocycles. The molecule has 188 valence electrons. The standard InChI is InChI=1S/C20H30N6.C8H11N/c1-7-10-18(8-2)13-21-17(4)19-11-9-12-25(19)16(3)15-26-22-14-20(23-26)24(5)6;1-7(2)8-4-3-5-9-6-8/h7-8,10,14,19,21H,1-4,9,11-13,15H2,5-6H3;3-7H,1-2H3/b18-10+;. The van der Waals surface area contributed by atoms with Gasteiger partial charge in [-0.3, -0.25) is 4.98 Å². The Kier molecular flexibility index (Phi) is 11.0. The van der Waals surface area contributed by atoms with Crippen LogP contribution in [0, 0.1) is 0 Å². The van der Waals surface area contributed by atoms with Crippen molar-refractivity contribution in [1.82, 2.24) is 30.2 Å². The maximum atomic E-state index is 4.46. The Morgan fingerprint density at radius 1 is 1.26 bits per heavy atom. The summed E-state index contributed by atoms with van der Waals surface area (Å²) >= 11 is 0. The Bertz CT molecular complexity index is 1000. The molecule has 1 aliphatic heterocycles. The van der Waals surface area contributed by atoms with Gasteiger partial charge in [0.05, 0.1) is 18.8 Å². The molecule has 0 radical (unpaired) electrons. The predicted molar refractivity (Wildman–Crippen MR) is 147 cm³/mol. The highest BCUT2D eigenvalue weighted by molar-refractivity contribution is 5.31. The number of rotatable bonds is 11. The first-order valence-electron chi connectivity index (χ1n) is 12.0. The lowest BCUT2D eigenvalue weighted by Crippen LogP contribution is -2.36. The molecule has 7 heteroatoms. The highest BCUT2D eigenvalue weighted by atomic mass is 15.5. The number of nitrogens with zero attached hydrogens (tertiary/aromatic N) is 6. The van der Waals surface area contributed by atoms with Gasteiger partial charge in [0.1, 0.15) is 0 Å². The molecule has 1 fully saturated rings. The SMILES string of the molecule is C=C/C=C(\C=C)CNC(=C)C1CCCN1C(=C)Cn1ncc(N(C)C)n1.CC(C)c1cccnc1. The van der Waals surface area contributed by atoms with E-state index in [1.54, 1.807) is 23.3 Å². The van der Waals surface area contributed by atoms with Crippen LogP contribution in [0.15, 0.2) is 92.2 Å². The van der Waals surface area contributed by atoms with Crippen molar-refractivity contribution in [3.8, 4) is 0 Å². The smallest absolute Gasteiger partial charge is 0.170 e. The number of hydrogen-bond donors (Lipinski definition) is 1. The van der Waals surface area contributed by atoms with E-state index in [2.05, 4.69) is 71.6 Å². The first-order valence-corrected chi connectivity index (χ1v) is 12.0. The lowest BCUT2D eigenvalue weighted by molar-refractivity contribution is 0.318. The Morgan fingerprint density at radius 2 is 2.03 bits per heavy atom. The van der Waals surface area contributed by atoms with E-state index < -0.39 is 0 Å². The van der Waals surface area contributed by atoms with Gasteiger partial charge in [0.25, 0.3) is 0 Å². The number of hydrogen-bond acceptors (Lipinski definition) is 6. The van der Waals surface area contributed by atoms with E-state index >= 15 is 0 Å². The maximum absolute atomic E-state index is 4.46. The van der Waals surface area contributed by atoms with Gasteiger partial charge in [-0.05, 0) is 36.0 Å². The van der Waals surface area contributed by atoms with Gasteiger partial charge in [-0.15, -0.1) is 5.10 Å². The fourth-order valence-electron chi connectivity index (χ4n) is 3.73. The Balaban J connectivity index is 0.000000402. The first-order chi connectivity index (χ1) is 16.8. The minimum Gasteiger partial charge on any atom is -0.383 e. The Morgan fingerprint density at radius 3 is 2.57 bits per heavy atom. The molecule has 1 atom stereocenters. The topological polar surface area (TPSA) is 62.1 Å². The summed E-state index contributed by atoms with van der Waals surface area (Å²) in [6, 6.07) is 4.30. The molecular weight excluding hydrogens is 434 g/mol. The van der Waals surface area contributed by atoms with Crippen molar-refractivity contribution >= 4 is 5.82 Å². The van der Waals surface area contributed by atoms with E-state index in [0.29, 0.717) is 19.0 Å². The zero-order chi connectivity index (χ0) is 25.8. The second-order valence-electron chi connectivity index (χ2n) is 9.05. The van der Waals surface area contributed by atoms with Crippen LogP contribution in [0.25, 0.3) is 0 Å². The highest BCUT2D eigenvalue weighted by Gasteiger charge is 2.28. The molecular formula is C28H41N7. The Labute approximate surface area is 211 Å². The summed E-state index contributed by atoms with van der Waals surface area (Å²) < 4.78 is 0. The van der Waals surface area contributed by atoms with Gasteiger partial charge in [-0.25, -0.2) is 0 Å². The number of anilines is 1. The van der Waals surface area contributed by atoms with Crippen molar-refractivity contribution in [2.45, 2.75) is 45.2 Å². The largest absolute Gasteiger partial charge is 0.383 e. The third-order valence-corrected chi connectivity index (χ3v) is 5.83. The van der Waals surface area contributed by atoms with Crippen LogP contribution in [0.2, 0.25) is 0 Å². The molecule has 2 aromatic rings. The molecule has 0 saturated carbocycles. The average Bonchev–Trinajstić information content (AvgIpc) is 3.52. The third kappa shape index (κ3) is 8.59. The van der Waals surface area contributed by atoms with E-state index in [1.807, 2.05) is 43.4 Å². The van der Waals surface area contributed by atoms with Crippen molar-refractivity contribution in [3.63, 3.8) is 0 Å². The van der Waals surface area contributed by atoms with E-state index in [4.69, 9.17) is 0 Å². The van der Waals surface area contributed by atoms with Crippen LogP contribution in [0.4, 0.5) is 5.82 Å². The number of aromatic nitrogens is 4. The molecule has 0 bridgehead atoms. The second-order valence-corrected chi connectivity index (χ2v) is 9.05. The number of likely N-dealkylation sites (tertiary alicyclic amines) is 1. The zero-order valence-corrected chi connectivity index (χ0v) is 21.8. The summed E-state index contributed by atoms with van der Waals surface area (Å²) in [6.45, 7) is 22.6. The number of allylic oxidation sites excluding steroid dienone is 3. The van der Waals surface area contributed by atoms with Gasteiger partial charge in [-0.1, -0.05) is 64.5 Å². The third-order valence-electron chi connectivity index (χ3n) is 5.83. The van der Waals surface area contributed by atoms with Crippen LogP contribution < -0.4 is 10.2 Å². The summed E-state index contributed by atoms with van der Waals surface area (Å²) in [5.41, 5.74) is 4.39. The molecule has 7 nitrogen and oxygen atoms in total. The van der Waals surface area contributed by atoms with Crippen LogP contribution in [-0.4, -0.2) is 58.1 Å². The zero-order valence-electron chi connectivity index (χ0n) is 21.8. The Hall–Kier alpha value is -3.61. The lowest BCUT2D eigenvalue weighted by atomic mass is 10.1. The minimum atomic E-state index is 0.237. The first kappa shape index (κ1) is 27.6. The predicted octanol–water partition coefficient (Wildman–Crippen LogP) is 4.93. The molecule has 1 saturated heterocycles. The summed E-state index contributed by atoms with van der Waals surface area (Å²) in [6.07, 6.45) is 13.2. The second kappa shape index (κ2) is 13.9. The summed E-state index contributed by atoms with van der Waals surface area (Å²) in [5, 5.41) is 12.2. The molecule has 3 heterocycles. The normalized spacial score (nSPS) is 15.3. The average molecular weight is 476 g/mol. The summed E-state index contributed by atoms with van der Waals surface area (Å²) in [7, 11) is 3.90. The van der Waals surface area contributed by atoms with Crippen molar-refractivity contribution in [3.05, 3.63) is 97.8 Å². The van der Waals surface area contributed by atoms with E-state index in [-0.39, 0.29) is 6.04 Å². The van der Waals surface area contributed by atoms with Crippen molar-refractivity contribution in [2.24, 2.45) is 0 Å². The summed E-state index contributed by atoms with van der Waals surface area (Å²) in [4.78, 5) is 9.93. The quantitative estimate of drug-likeness (QED) is 0.465. The lowest BCUT2D eigenvalue weighted by Gasteiger charge is -2.30. The maximum Gasteiger partial charge on any atom is 0.170 e. The van der Waals surface area contributed by atoms with Crippen LogP contribution in [0.1, 0.15) is 38.2 Å². The van der Waals surface area contributed by atoms with Crippen molar-refractivity contribution < 1.29 is 0 Å². The van der Waals surface area contributed by atoms with Crippen molar-refractivity contribution in [1.29, 1.82) is 0 Å². The monoisotopic (exact) mass is 475 g/mol. The molecule has 35 heavy (non-hydrogen) atoms. The minimum absolute atomic E-state index is 0.237.